The second kappa shape index (κ2) is 12.9. The third-order valence-electron chi connectivity index (χ3n) is 3.70. The van der Waals surface area contributed by atoms with Gasteiger partial charge in [0.25, 0.3) is 0 Å². The first kappa shape index (κ1) is 22.6. The van der Waals surface area contributed by atoms with Gasteiger partial charge in [0, 0.05) is 5.75 Å². The Labute approximate surface area is 166 Å². The summed E-state index contributed by atoms with van der Waals surface area (Å²) >= 11 is 2.83. The Kier molecular flexibility index (Phi) is 11.2. The lowest BCUT2D eigenvalue weighted by molar-refractivity contribution is 0.0515. The number of nitrogens with zero attached hydrogens (tertiary/aromatic N) is 2. The first-order valence-corrected chi connectivity index (χ1v) is 10.8. The molecule has 0 spiro atoms. The van der Waals surface area contributed by atoms with Crippen LogP contribution in [0.4, 0.5) is 0 Å². The largest absolute Gasteiger partial charge is 0.461 e. The number of allylic oxidation sites excluding steroid dienone is 5. The number of thioether (sulfide) groups is 1. The molecule has 1 aromatic rings. The predicted molar refractivity (Wildman–Crippen MR) is 112 cm³/mol. The minimum Gasteiger partial charge on any atom is -0.461 e. The summed E-state index contributed by atoms with van der Waals surface area (Å²) in [4.78, 5) is 11.8. The Morgan fingerprint density at radius 2 is 1.73 bits per heavy atom. The van der Waals surface area contributed by atoms with E-state index in [2.05, 4.69) is 55.5 Å². The zero-order valence-corrected chi connectivity index (χ0v) is 18.1. The van der Waals surface area contributed by atoms with Crippen LogP contribution in [0.15, 0.2) is 39.2 Å². The fraction of sp³-hybridized carbons (Fsp3) is 0.550. The molecule has 6 heteroatoms. The van der Waals surface area contributed by atoms with Crippen molar-refractivity contribution < 1.29 is 9.53 Å². The van der Waals surface area contributed by atoms with Crippen molar-refractivity contribution >= 4 is 29.3 Å². The summed E-state index contributed by atoms with van der Waals surface area (Å²) in [7, 11) is 0. The molecule has 0 aliphatic carbocycles. The third kappa shape index (κ3) is 9.34. The van der Waals surface area contributed by atoms with Crippen molar-refractivity contribution in [3.05, 3.63) is 40.6 Å². The molecule has 0 unspecified atom stereocenters. The first-order chi connectivity index (χ1) is 12.4. The number of ether oxygens (including phenoxy) is 1. The number of rotatable bonds is 11. The van der Waals surface area contributed by atoms with Crippen LogP contribution in [0, 0.1) is 0 Å². The van der Waals surface area contributed by atoms with Crippen molar-refractivity contribution in [2.75, 3.05) is 12.4 Å². The molecule has 144 valence electrons. The van der Waals surface area contributed by atoms with Gasteiger partial charge in [-0.3, -0.25) is 0 Å². The van der Waals surface area contributed by atoms with Crippen molar-refractivity contribution in [3.63, 3.8) is 0 Å². The summed E-state index contributed by atoms with van der Waals surface area (Å²) in [5.41, 5.74) is 4.54. The molecule has 0 radical (unpaired) electrons. The van der Waals surface area contributed by atoms with Crippen LogP contribution >= 0.6 is 23.3 Å². The molecule has 0 amide bonds. The molecule has 0 atom stereocenters. The van der Waals surface area contributed by atoms with Crippen molar-refractivity contribution in [1.82, 2.24) is 9.59 Å². The highest BCUT2D eigenvalue weighted by molar-refractivity contribution is 8.01. The molecule has 4 nitrogen and oxygen atoms in total. The van der Waals surface area contributed by atoms with E-state index in [0.717, 1.165) is 35.6 Å². The van der Waals surface area contributed by atoms with Gasteiger partial charge in [-0.15, -0.1) is 16.9 Å². The summed E-state index contributed by atoms with van der Waals surface area (Å²) in [6, 6.07) is 0. The molecular formula is C20H30N2O2S2. The number of hydrogen-bond acceptors (Lipinski definition) is 6. The zero-order chi connectivity index (χ0) is 19.4. The van der Waals surface area contributed by atoms with Crippen molar-refractivity contribution in [1.29, 1.82) is 0 Å². The topological polar surface area (TPSA) is 52.1 Å². The quantitative estimate of drug-likeness (QED) is 0.253. The van der Waals surface area contributed by atoms with E-state index in [9.17, 15) is 4.79 Å². The Hall–Kier alpha value is -1.40. The maximum atomic E-state index is 11.8. The van der Waals surface area contributed by atoms with Gasteiger partial charge in [-0.05, 0) is 71.8 Å². The minimum absolute atomic E-state index is 0.336. The lowest BCUT2D eigenvalue weighted by Crippen LogP contribution is -2.06. The Bertz CT molecular complexity index is 657. The van der Waals surface area contributed by atoms with E-state index in [0.29, 0.717) is 12.3 Å². The summed E-state index contributed by atoms with van der Waals surface area (Å²) in [5.74, 6) is 0.420. The fourth-order valence-electron chi connectivity index (χ4n) is 2.20. The van der Waals surface area contributed by atoms with Crippen molar-refractivity contribution in [2.45, 2.75) is 64.5 Å². The molecule has 26 heavy (non-hydrogen) atoms. The van der Waals surface area contributed by atoms with Crippen LogP contribution in [0.25, 0.3) is 0 Å². The zero-order valence-electron chi connectivity index (χ0n) is 16.5. The molecule has 1 aromatic heterocycles. The van der Waals surface area contributed by atoms with E-state index in [1.165, 1.54) is 28.3 Å². The van der Waals surface area contributed by atoms with Crippen LogP contribution in [0.1, 0.15) is 70.8 Å². The average molecular weight is 395 g/mol. The smallest absolute Gasteiger partial charge is 0.361 e. The van der Waals surface area contributed by atoms with E-state index >= 15 is 0 Å². The molecule has 0 saturated heterocycles. The van der Waals surface area contributed by atoms with Gasteiger partial charge in [0.2, 0.25) is 0 Å². The van der Waals surface area contributed by atoms with Gasteiger partial charge in [0.05, 0.1) is 6.61 Å². The number of esters is 1. The highest BCUT2D eigenvalue weighted by Gasteiger charge is 2.17. The van der Waals surface area contributed by atoms with Gasteiger partial charge < -0.3 is 4.74 Å². The van der Waals surface area contributed by atoms with Crippen LogP contribution < -0.4 is 0 Å². The van der Waals surface area contributed by atoms with Gasteiger partial charge in [-0.25, -0.2) is 4.79 Å². The van der Waals surface area contributed by atoms with Gasteiger partial charge in [0.15, 0.2) is 5.69 Å². The van der Waals surface area contributed by atoms with Gasteiger partial charge in [-0.1, -0.05) is 39.4 Å². The Balaban J connectivity index is 2.37. The molecule has 0 aliphatic rings. The maximum absolute atomic E-state index is 11.8. The Morgan fingerprint density at radius 3 is 2.38 bits per heavy atom. The lowest BCUT2D eigenvalue weighted by Gasteiger charge is -2.02. The van der Waals surface area contributed by atoms with Crippen LogP contribution in [0.2, 0.25) is 0 Å². The molecule has 0 saturated carbocycles. The van der Waals surface area contributed by atoms with Crippen molar-refractivity contribution in [3.8, 4) is 0 Å². The van der Waals surface area contributed by atoms with E-state index in [4.69, 9.17) is 4.74 Å². The number of aromatic nitrogens is 2. The second-order valence-electron chi connectivity index (χ2n) is 6.40. The third-order valence-corrected chi connectivity index (χ3v) is 5.58. The average Bonchev–Trinajstić information content (AvgIpc) is 3.03. The van der Waals surface area contributed by atoms with Crippen LogP contribution in [-0.2, 0) is 4.74 Å². The van der Waals surface area contributed by atoms with Gasteiger partial charge >= 0.3 is 5.97 Å². The van der Waals surface area contributed by atoms with Crippen LogP contribution in [-0.4, -0.2) is 27.9 Å². The summed E-state index contributed by atoms with van der Waals surface area (Å²) in [6.07, 6.45) is 11.2. The number of carbonyl (C=O) groups is 1. The summed E-state index contributed by atoms with van der Waals surface area (Å²) < 4.78 is 9.68. The molecule has 0 aromatic carbocycles. The number of carbonyl (C=O) groups excluding carboxylic acids is 1. The normalized spacial score (nSPS) is 12.2. The fourth-order valence-corrected chi connectivity index (χ4v) is 3.90. The first-order valence-electron chi connectivity index (χ1n) is 9.01. The van der Waals surface area contributed by atoms with E-state index in [1.807, 2.05) is 0 Å². The predicted octanol–water partition coefficient (Wildman–Crippen LogP) is 6.23. The molecule has 0 aliphatic heterocycles. The van der Waals surface area contributed by atoms with Gasteiger partial charge in [0.1, 0.15) is 4.21 Å². The standard InChI is InChI=1S/C20H30N2O2S2/c1-6-24-19(23)18-20(26-22-21-18)25-14-13-17(5)12-8-11-16(4)10-7-9-15(2)3/h9,11,13H,6-8,10,12,14H2,1-5H3. The highest BCUT2D eigenvalue weighted by atomic mass is 32.2. The molecule has 0 fully saturated rings. The number of hydrogen-bond donors (Lipinski definition) is 0. The second-order valence-corrected chi connectivity index (χ2v) is 8.44. The molecule has 1 heterocycles. The molecular weight excluding hydrogens is 364 g/mol. The van der Waals surface area contributed by atoms with Gasteiger partial charge in [-0.2, -0.15) is 0 Å². The molecule has 0 bridgehead atoms. The van der Waals surface area contributed by atoms with Crippen LogP contribution in [0.3, 0.4) is 0 Å². The van der Waals surface area contributed by atoms with E-state index in [-0.39, 0.29) is 0 Å². The molecule has 1 rings (SSSR count). The van der Waals surface area contributed by atoms with Crippen LogP contribution in [0.5, 0.6) is 0 Å². The maximum Gasteiger partial charge on any atom is 0.361 e. The van der Waals surface area contributed by atoms with E-state index < -0.39 is 5.97 Å². The highest BCUT2D eigenvalue weighted by Crippen LogP contribution is 2.26. The summed E-state index contributed by atoms with van der Waals surface area (Å²) in [5, 5.41) is 3.88. The summed E-state index contributed by atoms with van der Waals surface area (Å²) in [6.45, 7) is 10.8. The minimum atomic E-state index is -0.391. The SMILES string of the molecule is CCOC(=O)c1nnsc1SCC=C(C)CCC=C(C)CCC=C(C)C. The Morgan fingerprint density at radius 1 is 1.08 bits per heavy atom. The molecule has 0 N–H and O–H groups in total. The van der Waals surface area contributed by atoms with Crippen molar-refractivity contribution in [2.24, 2.45) is 0 Å². The lowest BCUT2D eigenvalue weighted by atomic mass is 10.1. The van der Waals surface area contributed by atoms with E-state index in [1.54, 1.807) is 18.7 Å². The monoisotopic (exact) mass is 394 g/mol.